The van der Waals surface area contributed by atoms with Crippen molar-refractivity contribution in [1.82, 2.24) is 0 Å². The molecule has 1 rings (SSSR count). The molecule has 0 bridgehead atoms. The fourth-order valence-electron chi connectivity index (χ4n) is 2.12. The molecule has 0 radical (unpaired) electrons. The second kappa shape index (κ2) is 8.47. The summed E-state index contributed by atoms with van der Waals surface area (Å²) in [6, 6.07) is 5.02. The number of hydrogen-bond acceptors (Lipinski definition) is 5. The minimum atomic E-state index is -4.39. The maximum atomic E-state index is 11.3. The van der Waals surface area contributed by atoms with Crippen molar-refractivity contribution in [3.05, 3.63) is 36.2 Å². The quantitative estimate of drug-likeness (QED) is 0.222. The molecular formula is C13H18NNaO5S2. The first-order chi connectivity index (χ1) is 9.61. The molecule has 0 amide bonds. The molecule has 22 heavy (non-hydrogen) atoms. The Hall–Kier alpha value is -0.380. The number of aryl methyl sites for hydroxylation is 1. The average Bonchev–Trinajstić information content (AvgIpc) is 2.37. The van der Waals surface area contributed by atoms with Crippen molar-refractivity contribution in [3.63, 3.8) is 0 Å². The van der Waals surface area contributed by atoms with Crippen LogP contribution in [0.5, 0.6) is 0 Å². The van der Waals surface area contributed by atoms with Crippen LogP contribution in [0.25, 0.3) is 0 Å². The molecule has 1 N–H and O–H groups in total. The first kappa shape index (κ1) is 21.6. The van der Waals surface area contributed by atoms with Crippen LogP contribution >= 0.6 is 0 Å². The van der Waals surface area contributed by atoms with Crippen molar-refractivity contribution in [3.8, 4) is 0 Å². The Morgan fingerprint density at radius 3 is 2.36 bits per heavy atom. The zero-order valence-electron chi connectivity index (χ0n) is 13.1. The number of rotatable bonds is 5. The Bertz CT molecular complexity index is 764. The summed E-state index contributed by atoms with van der Waals surface area (Å²) in [4.78, 5) is 1.44. The largest absolute Gasteiger partial charge is 1.00 e. The maximum Gasteiger partial charge on any atom is 1.00 e. The van der Waals surface area contributed by atoms with Crippen molar-refractivity contribution < 1.29 is 50.9 Å². The van der Waals surface area contributed by atoms with E-state index >= 15 is 0 Å². The molecule has 0 spiro atoms. The van der Waals surface area contributed by atoms with E-state index in [0.29, 0.717) is 16.8 Å². The maximum absolute atomic E-state index is 11.3. The number of hydrogen-bond donors (Lipinski definition) is 1. The van der Waals surface area contributed by atoms with Crippen molar-refractivity contribution in [2.45, 2.75) is 26.1 Å². The molecule has 1 unspecified atom stereocenters. The van der Waals surface area contributed by atoms with E-state index in [2.05, 4.69) is 6.92 Å². The van der Waals surface area contributed by atoms with Gasteiger partial charge in [0.15, 0.2) is 0 Å². The molecule has 9 heteroatoms. The second-order valence-electron chi connectivity index (χ2n) is 4.52. The van der Waals surface area contributed by atoms with E-state index in [9.17, 15) is 21.4 Å². The SMILES string of the molecule is [CH2-]C(N(CC)c1cccc(C)c1C(C)=S(=O)=O)S(=O)(=O)O.[Na+]. The summed E-state index contributed by atoms with van der Waals surface area (Å²) in [7, 11) is -6.81. The Kier molecular flexibility index (Phi) is 8.32. The van der Waals surface area contributed by atoms with Gasteiger partial charge in [0.1, 0.15) is 0 Å². The predicted molar refractivity (Wildman–Crippen MR) is 83.6 cm³/mol. The molecule has 0 aliphatic heterocycles. The van der Waals surface area contributed by atoms with Crippen molar-refractivity contribution in [2.24, 2.45) is 0 Å². The van der Waals surface area contributed by atoms with Crippen LogP contribution in [0.3, 0.4) is 0 Å². The zero-order chi connectivity index (χ0) is 16.4. The number of benzene rings is 1. The summed E-state index contributed by atoms with van der Waals surface area (Å²) in [5, 5.41) is -1.42. The van der Waals surface area contributed by atoms with Gasteiger partial charge < -0.3 is 11.8 Å². The fraction of sp³-hybridized carbons (Fsp3) is 0.385. The van der Waals surface area contributed by atoms with Crippen LogP contribution in [0.4, 0.5) is 5.69 Å². The van der Waals surface area contributed by atoms with Crippen LogP contribution < -0.4 is 34.5 Å². The van der Waals surface area contributed by atoms with Crippen LogP contribution in [0.1, 0.15) is 25.0 Å². The Balaban J connectivity index is 0.00000441. The van der Waals surface area contributed by atoms with E-state index < -0.39 is 25.8 Å². The summed E-state index contributed by atoms with van der Waals surface area (Å²) >= 11 is 0. The van der Waals surface area contributed by atoms with Crippen molar-refractivity contribution in [2.75, 3.05) is 11.4 Å². The van der Waals surface area contributed by atoms with Crippen LogP contribution in [-0.4, -0.2) is 38.2 Å². The van der Waals surface area contributed by atoms with Gasteiger partial charge in [-0.25, -0.2) is 8.42 Å². The Morgan fingerprint density at radius 1 is 1.41 bits per heavy atom. The predicted octanol–water partition coefficient (Wildman–Crippen LogP) is -1.71. The molecule has 0 saturated carbocycles. The molecule has 1 aromatic rings. The van der Waals surface area contributed by atoms with E-state index in [0.717, 1.165) is 0 Å². The monoisotopic (exact) mass is 355 g/mol. The third-order valence-corrected chi connectivity index (χ3v) is 4.84. The first-order valence-electron chi connectivity index (χ1n) is 6.20. The van der Waals surface area contributed by atoms with Crippen LogP contribution in [0.15, 0.2) is 18.2 Å². The normalized spacial score (nSPS) is 12.2. The van der Waals surface area contributed by atoms with Gasteiger partial charge in [-0.15, -0.1) is 0 Å². The van der Waals surface area contributed by atoms with Gasteiger partial charge in [0.05, 0.1) is 4.86 Å². The van der Waals surface area contributed by atoms with Crippen LogP contribution in [0.2, 0.25) is 0 Å². The topological polar surface area (TPSA) is 91.8 Å². The van der Waals surface area contributed by atoms with Crippen molar-refractivity contribution >= 4 is 31.0 Å². The minimum absolute atomic E-state index is 0. The summed E-state index contributed by atoms with van der Waals surface area (Å²) in [5.41, 5.74) is 1.51. The van der Waals surface area contributed by atoms with Gasteiger partial charge in [-0.3, -0.25) is 4.55 Å². The molecule has 0 aliphatic carbocycles. The van der Waals surface area contributed by atoms with E-state index in [1.165, 1.54) is 11.8 Å². The van der Waals surface area contributed by atoms with Crippen LogP contribution in [0, 0.1) is 13.8 Å². The van der Waals surface area contributed by atoms with E-state index in [4.69, 9.17) is 0 Å². The second-order valence-corrected chi connectivity index (χ2v) is 7.17. The minimum Gasteiger partial charge on any atom is -0.381 e. The Morgan fingerprint density at radius 2 is 1.95 bits per heavy atom. The first-order valence-corrected chi connectivity index (χ1v) is 8.77. The fourth-order valence-corrected chi connectivity index (χ4v) is 3.14. The molecule has 0 aromatic heterocycles. The summed E-state index contributed by atoms with van der Waals surface area (Å²) in [6.45, 7) is 8.56. The van der Waals surface area contributed by atoms with Gasteiger partial charge >= 0.3 is 29.6 Å². The molecule has 0 saturated heterocycles. The molecule has 1 aromatic carbocycles. The van der Waals surface area contributed by atoms with Gasteiger partial charge in [0.2, 0.25) is 10.3 Å². The third kappa shape index (κ3) is 4.81. The molecule has 0 aliphatic rings. The Labute approximate surface area is 155 Å². The molecular weight excluding hydrogens is 337 g/mol. The molecule has 1 atom stereocenters. The average molecular weight is 355 g/mol. The standard InChI is InChI=1S/C13H18NO5S2.Na/c1-5-14(11(4)21(17,18)19)12-8-6-7-9(2)13(12)10(3)20(15)16;/h6-8,11H,4-5H2,1-3H3,(H,17,18,19);/q-1;+1. The molecule has 0 fully saturated rings. The third-order valence-electron chi connectivity index (χ3n) is 3.19. The van der Waals surface area contributed by atoms with Gasteiger partial charge in [0.25, 0.3) is 10.1 Å². The van der Waals surface area contributed by atoms with Crippen LogP contribution in [-0.2, 0) is 20.4 Å². The van der Waals surface area contributed by atoms with Gasteiger partial charge in [-0.2, -0.15) is 8.42 Å². The van der Waals surface area contributed by atoms with Gasteiger partial charge in [-0.05, 0) is 32.4 Å². The summed E-state index contributed by atoms with van der Waals surface area (Å²) in [5.74, 6) is 0. The van der Waals surface area contributed by atoms with Crippen molar-refractivity contribution in [1.29, 1.82) is 0 Å². The number of anilines is 1. The smallest absolute Gasteiger partial charge is 0.381 e. The zero-order valence-corrected chi connectivity index (χ0v) is 16.7. The van der Waals surface area contributed by atoms with Gasteiger partial charge in [0, 0.05) is 23.2 Å². The van der Waals surface area contributed by atoms with Gasteiger partial charge in [-0.1, -0.05) is 12.1 Å². The summed E-state index contributed by atoms with van der Waals surface area (Å²) in [6.07, 6.45) is 0. The van der Waals surface area contributed by atoms with E-state index in [1.54, 1.807) is 32.0 Å². The molecule has 118 valence electrons. The number of nitrogens with zero attached hydrogens (tertiary/aromatic N) is 1. The molecule has 6 nitrogen and oxygen atoms in total. The van der Waals surface area contributed by atoms with E-state index in [1.807, 2.05) is 0 Å². The summed E-state index contributed by atoms with van der Waals surface area (Å²) < 4.78 is 54.3. The molecule has 0 heterocycles. The van der Waals surface area contributed by atoms with E-state index in [-0.39, 0.29) is 41.0 Å².